The number of hydrogen-bond donors (Lipinski definition) is 0. The van der Waals surface area contributed by atoms with E-state index in [0.29, 0.717) is 64.7 Å². The zero-order valence-electron chi connectivity index (χ0n) is 54.0. The van der Waals surface area contributed by atoms with Crippen molar-refractivity contribution in [3.05, 3.63) is 106 Å². The van der Waals surface area contributed by atoms with Crippen LogP contribution >= 0.6 is 0 Å². The van der Waals surface area contributed by atoms with E-state index in [9.17, 15) is 0 Å². The second kappa shape index (κ2) is 19.9. The molecule has 14 aliphatic rings. The Bertz CT molecular complexity index is 2740. The van der Waals surface area contributed by atoms with Crippen molar-refractivity contribution in [1.29, 1.82) is 0 Å². The Morgan fingerprint density at radius 1 is 0.630 bits per heavy atom. The predicted molar refractivity (Wildman–Crippen MR) is 344 cm³/mol. The molecule has 0 aromatic heterocycles. The van der Waals surface area contributed by atoms with Crippen LogP contribution < -0.4 is 0 Å². The van der Waals surface area contributed by atoms with E-state index in [1.807, 2.05) is 5.70 Å². The molecule has 10 aliphatic carbocycles. The number of nitrogens with zero attached hydrogens (tertiary/aromatic N) is 3. The van der Waals surface area contributed by atoms with Crippen molar-refractivity contribution in [3.63, 3.8) is 0 Å². The van der Waals surface area contributed by atoms with Gasteiger partial charge in [-0.05, 0) is 184 Å². The Kier molecular flexibility index (Phi) is 13.8. The van der Waals surface area contributed by atoms with Crippen LogP contribution in [0.2, 0.25) is 11.6 Å². The average molecular weight is 1090 g/mol. The summed E-state index contributed by atoms with van der Waals surface area (Å²) in [4.78, 5) is 10.2. The maximum atomic E-state index is 3.51. The molecule has 4 heteroatoms. The molecule has 81 heavy (non-hydrogen) atoms. The molecule has 4 saturated carbocycles. The summed E-state index contributed by atoms with van der Waals surface area (Å²) in [5.41, 5.74) is 12.0. The minimum absolute atomic E-state index is 0.0807. The lowest BCUT2D eigenvalue weighted by Gasteiger charge is -2.66. The SMILES string of the molecule is CC(C)(C)C1=CC(C2=CCCC=C2)C(N(C2=CC3C4B(C5=C6C(CC(C7CCCCC7)C5)C5(CCCCC5)C(C)(C)N6C4C2)C2CC(C(C)(C)C)CC4C2N3C2(C)CCCCC42C)C2C=CC(C(C)(C)C)=CC2C2CC=CCC2)C=C1. The van der Waals surface area contributed by atoms with Crippen LogP contribution in [0.1, 0.15) is 244 Å². The molecular formula is C77H114BN3. The van der Waals surface area contributed by atoms with Crippen molar-refractivity contribution >= 4 is 6.71 Å². The van der Waals surface area contributed by atoms with Gasteiger partial charge in [0.2, 0.25) is 0 Å². The van der Waals surface area contributed by atoms with Crippen molar-refractivity contribution in [2.24, 2.45) is 74.4 Å². The van der Waals surface area contributed by atoms with Gasteiger partial charge in [-0.25, -0.2) is 0 Å². The third kappa shape index (κ3) is 8.55. The second-order valence-electron chi connectivity index (χ2n) is 35.0. The molecule has 3 nitrogen and oxygen atoms in total. The summed E-state index contributed by atoms with van der Waals surface area (Å²) in [6.07, 6.45) is 65.8. The summed E-state index contributed by atoms with van der Waals surface area (Å²) in [5, 5.41) is 0. The summed E-state index contributed by atoms with van der Waals surface area (Å²) in [6, 6.07) is 2.14. The van der Waals surface area contributed by atoms with Gasteiger partial charge in [0.25, 0.3) is 0 Å². The fourth-order valence-electron chi connectivity index (χ4n) is 23.8. The Labute approximate surface area is 496 Å². The van der Waals surface area contributed by atoms with Gasteiger partial charge in [-0.2, -0.15) is 0 Å². The van der Waals surface area contributed by atoms with E-state index < -0.39 is 0 Å². The maximum Gasteiger partial charge on any atom is 0.185 e. The Hall–Kier alpha value is -2.72. The molecule has 4 heterocycles. The van der Waals surface area contributed by atoms with Gasteiger partial charge in [-0.3, -0.25) is 4.90 Å². The number of rotatable bonds is 6. The minimum Gasteiger partial charge on any atom is -0.367 e. The van der Waals surface area contributed by atoms with Crippen LogP contribution in [0.4, 0.5) is 0 Å². The van der Waals surface area contributed by atoms with Crippen LogP contribution in [0.5, 0.6) is 0 Å². The molecule has 16 atom stereocenters. The van der Waals surface area contributed by atoms with E-state index in [4.69, 9.17) is 0 Å². The highest BCUT2D eigenvalue weighted by Gasteiger charge is 2.76. The minimum atomic E-state index is 0.0807. The van der Waals surface area contributed by atoms with Crippen molar-refractivity contribution in [1.82, 2.24) is 14.7 Å². The topological polar surface area (TPSA) is 9.72 Å². The summed E-state index contributed by atoms with van der Waals surface area (Å²) in [7, 11) is 0. The first-order chi connectivity index (χ1) is 38.5. The third-order valence-electron chi connectivity index (χ3n) is 28.2. The fraction of sp³-hybridized carbons (Fsp3) is 0.766. The zero-order valence-corrected chi connectivity index (χ0v) is 54.0. The van der Waals surface area contributed by atoms with Crippen LogP contribution in [-0.4, -0.2) is 62.7 Å². The van der Waals surface area contributed by atoms with Gasteiger partial charge < -0.3 is 9.80 Å². The van der Waals surface area contributed by atoms with Crippen LogP contribution in [0.3, 0.4) is 0 Å². The molecule has 16 unspecified atom stereocenters. The number of allylic oxidation sites excluding steroid dienone is 11. The second-order valence-corrected chi connectivity index (χ2v) is 35.0. The van der Waals surface area contributed by atoms with E-state index in [1.165, 1.54) is 147 Å². The monoisotopic (exact) mass is 1090 g/mol. The quantitative estimate of drug-likeness (QED) is 0.194. The number of hydrogen-bond acceptors (Lipinski definition) is 3. The highest BCUT2D eigenvalue weighted by atomic mass is 15.4. The maximum absolute atomic E-state index is 3.51. The van der Waals surface area contributed by atoms with Crippen molar-refractivity contribution < 1.29 is 0 Å². The standard InChI is InChI=1S/C77H114BN3/c1-71(2,3)54-34-36-64(58(44-54)51-30-20-15-21-31-51)79(65-37-35-55(72(4,5)6)45-59(65)52-32-22-16-23-33-52)57-48-66-68-67(49-57)81-69-60(75(12)38-26-27-39-76(75,81)13)46-56(73(7,8)9)47-63(69)78(68)62-43-53(50-28-18-14-19-29-50)42-61-70(62)80(66)74(10,11)77(61)40-24-17-25-41-77/h15,20,22,32-37,44-45,49-51,53,56,58-61,63-69H,14,16-19,21,23-31,38-43,46-48H2,1-13H3. The number of fused-ring (bicyclic) bond motifs is 8. The molecule has 7 fully saturated rings. The van der Waals surface area contributed by atoms with E-state index in [1.54, 1.807) is 16.8 Å². The van der Waals surface area contributed by atoms with Crippen LogP contribution in [0.15, 0.2) is 106 Å². The van der Waals surface area contributed by atoms with Gasteiger partial charge in [0.15, 0.2) is 6.71 Å². The van der Waals surface area contributed by atoms with Crippen molar-refractivity contribution in [3.8, 4) is 0 Å². The van der Waals surface area contributed by atoms with Crippen molar-refractivity contribution in [2.75, 3.05) is 0 Å². The van der Waals surface area contributed by atoms with Gasteiger partial charge >= 0.3 is 0 Å². The smallest absolute Gasteiger partial charge is 0.185 e. The summed E-state index contributed by atoms with van der Waals surface area (Å²) in [6.45, 7) is 35.1. The Morgan fingerprint density at radius 2 is 1.33 bits per heavy atom. The Balaban J connectivity index is 1.02. The highest BCUT2D eigenvalue weighted by Crippen LogP contribution is 2.76. The summed E-state index contributed by atoms with van der Waals surface area (Å²) >= 11 is 0. The molecule has 14 rings (SSSR count). The van der Waals surface area contributed by atoms with Gasteiger partial charge in [0.05, 0.1) is 12.1 Å². The van der Waals surface area contributed by atoms with Gasteiger partial charge in [-0.1, -0.05) is 212 Å². The molecule has 440 valence electrons. The molecule has 0 radical (unpaired) electrons. The first-order valence-electron chi connectivity index (χ1n) is 35.2. The average Bonchev–Trinajstić information content (AvgIpc) is 4.00. The summed E-state index contributed by atoms with van der Waals surface area (Å²) < 4.78 is 0. The van der Waals surface area contributed by atoms with Gasteiger partial charge in [0, 0.05) is 70.2 Å². The van der Waals surface area contributed by atoms with E-state index >= 15 is 0 Å². The molecule has 0 N–H and O–H groups in total. The van der Waals surface area contributed by atoms with Crippen molar-refractivity contribution in [2.45, 2.75) is 297 Å². The van der Waals surface area contributed by atoms with Crippen LogP contribution in [-0.2, 0) is 0 Å². The van der Waals surface area contributed by atoms with E-state index in [2.05, 4.69) is 183 Å². The lowest BCUT2D eigenvalue weighted by atomic mass is 9.20. The normalized spacial score (nSPS) is 42.6. The first kappa shape index (κ1) is 56.1. The third-order valence-corrected chi connectivity index (χ3v) is 28.2. The largest absolute Gasteiger partial charge is 0.367 e. The molecule has 0 bridgehead atoms. The van der Waals surface area contributed by atoms with Gasteiger partial charge in [0.1, 0.15) is 0 Å². The fourth-order valence-corrected chi connectivity index (χ4v) is 23.8. The molecule has 0 amide bonds. The molecule has 4 aliphatic heterocycles. The molecule has 1 spiro atoms. The molecule has 0 aromatic carbocycles. The molecule has 3 saturated heterocycles. The predicted octanol–water partition coefficient (Wildman–Crippen LogP) is 19.8. The zero-order chi connectivity index (χ0) is 56.4. The first-order valence-corrected chi connectivity index (χ1v) is 35.2. The van der Waals surface area contributed by atoms with E-state index in [-0.39, 0.29) is 34.0 Å². The summed E-state index contributed by atoms with van der Waals surface area (Å²) in [5.74, 6) is 6.86. The Morgan fingerprint density at radius 3 is 2.02 bits per heavy atom. The lowest BCUT2D eigenvalue weighted by molar-refractivity contribution is -0.0417. The molecular weight excluding hydrogens is 978 g/mol. The van der Waals surface area contributed by atoms with Crippen LogP contribution in [0, 0.1) is 74.4 Å². The van der Waals surface area contributed by atoms with Gasteiger partial charge in [-0.15, -0.1) is 0 Å². The van der Waals surface area contributed by atoms with E-state index in [0.717, 1.165) is 48.2 Å². The van der Waals surface area contributed by atoms with Crippen LogP contribution in [0.25, 0.3) is 0 Å². The highest BCUT2D eigenvalue weighted by molar-refractivity contribution is 6.71. The molecule has 0 aromatic rings. The lowest BCUT2D eigenvalue weighted by Crippen LogP contribution is -2.71.